The summed E-state index contributed by atoms with van der Waals surface area (Å²) in [5.41, 5.74) is 0.914. The molecule has 10 heteroatoms. The molecule has 2 aromatic heterocycles. The molecule has 0 fully saturated rings. The molecule has 0 unspecified atom stereocenters. The smallest absolute Gasteiger partial charge is 0.371 e. The van der Waals surface area contributed by atoms with Crippen LogP contribution in [0.25, 0.3) is 0 Å². The standard InChI is InChI=1S/C13H10O5.C13H10O4.C3H5N/c14-12(15)11-7-6-10(18-11)8-17-13(16)9-4-2-1-3-5-9;14-8-11-6-7-12(17-11)9-16-13(15)10-4-2-1-3-5-10;1-2-3-4/h1-7H,8H2,(H,14,15);1-8H,9H2;2H2,1H3. The Morgan fingerprint density at radius 3 is 1.64 bits per heavy atom. The normalized spacial score (nSPS) is 9.44. The summed E-state index contributed by atoms with van der Waals surface area (Å²) in [4.78, 5) is 44.1. The van der Waals surface area contributed by atoms with Crippen LogP contribution in [0, 0.1) is 11.3 Å². The van der Waals surface area contributed by atoms with Crippen LogP contribution in [-0.2, 0) is 22.7 Å². The van der Waals surface area contributed by atoms with Crippen molar-refractivity contribution in [1.29, 1.82) is 5.26 Å². The van der Waals surface area contributed by atoms with E-state index in [2.05, 4.69) is 0 Å². The van der Waals surface area contributed by atoms with Crippen LogP contribution >= 0.6 is 0 Å². The van der Waals surface area contributed by atoms with E-state index in [1.807, 2.05) is 19.1 Å². The van der Waals surface area contributed by atoms with Crippen LogP contribution < -0.4 is 0 Å². The third kappa shape index (κ3) is 10.6. The number of hydrogen-bond donors (Lipinski definition) is 1. The van der Waals surface area contributed by atoms with Gasteiger partial charge < -0.3 is 23.4 Å². The van der Waals surface area contributed by atoms with Crippen LogP contribution in [0.4, 0.5) is 0 Å². The summed E-state index contributed by atoms with van der Waals surface area (Å²) in [7, 11) is 0. The van der Waals surface area contributed by atoms with E-state index in [0.717, 1.165) is 0 Å². The molecule has 1 N–H and O–H groups in total. The van der Waals surface area contributed by atoms with Crippen LogP contribution in [0.15, 0.2) is 93.8 Å². The van der Waals surface area contributed by atoms with E-state index in [4.69, 9.17) is 28.7 Å². The van der Waals surface area contributed by atoms with Gasteiger partial charge in [-0.1, -0.05) is 43.3 Å². The lowest BCUT2D eigenvalue weighted by Gasteiger charge is -2.02. The number of aldehydes is 1. The minimum atomic E-state index is -1.16. The van der Waals surface area contributed by atoms with Gasteiger partial charge in [-0.25, -0.2) is 14.4 Å². The van der Waals surface area contributed by atoms with Gasteiger partial charge in [-0.05, 0) is 48.5 Å². The number of carbonyl (C=O) groups is 4. The molecule has 0 atom stereocenters. The predicted molar refractivity (Wildman–Crippen MR) is 137 cm³/mol. The van der Waals surface area contributed by atoms with E-state index in [-0.39, 0.29) is 30.5 Å². The van der Waals surface area contributed by atoms with Gasteiger partial charge in [0.25, 0.3) is 0 Å². The Morgan fingerprint density at radius 2 is 1.26 bits per heavy atom. The van der Waals surface area contributed by atoms with Crippen LogP contribution in [0.5, 0.6) is 0 Å². The maximum atomic E-state index is 11.6. The van der Waals surface area contributed by atoms with Gasteiger partial charge in [-0.15, -0.1) is 0 Å². The maximum Gasteiger partial charge on any atom is 0.371 e. The molecule has 200 valence electrons. The first kappa shape index (κ1) is 29.8. The molecule has 0 amide bonds. The van der Waals surface area contributed by atoms with Gasteiger partial charge >= 0.3 is 17.9 Å². The molecule has 4 rings (SSSR count). The zero-order valence-electron chi connectivity index (χ0n) is 20.9. The number of benzene rings is 2. The van der Waals surface area contributed by atoms with Gasteiger partial charge in [0.2, 0.25) is 5.76 Å². The van der Waals surface area contributed by atoms with Gasteiger partial charge in [0, 0.05) is 6.42 Å². The molecule has 0 saturated heterocycles. The van der Waals surface area contributed by atoms with E-state index in [1.165, 1.54) is 18.2 Å². The summed E-state index contributed by atoms with van der Waals surface area (Å²) in [6.07, 6.45) is 1.22. The maximum absolute atomic E-state index is 11.6. The van der Waals surface area contributed by atoms with Crippen molar-refractivity contribution in [2.75, 3.05) is 0 Å². The molecule has 2 aromatic carbocycles. The number of carbonyl (C=O) groups excluding carboxylic acids is 3. The average molecular weight is 532 g/mol. The highest BCUT2D eigenvalue weighted by Gasteiger charge is 2.12. The molecule has 0 aliphatic heterocycles. The number of rotatable bonds is 8. The molecule has 2 heterocycles. The lowest BCUT2D eigenvalue weighted by molar-refractivity contribution is 0.0434. The second kappa shape index (κ2) is 16.3. The van der Waals surface area contributed by atoms with Crippen molar-refractivity contribution in [3.8, 4) is 6.07 Å². The molecule has 0 spiro atoms. The highest BCUT2D eigenvalue weighted by Crippen LogP contribution is 2.11. The number of nitriles is 1. The van der Waals surface area contributed by atoms with Crippen molar-refractivity contribution < 1.29 is 42.6 Å². The fourth-order valence-corrected chi connectivity index (χ4v) is 2.69. The minimum absolute atomic E-state index is 0.0154. The van der Waals surface area contributed by atoms with Crippen LogP contribution in [-0.4, -0.2) is 29.3 Å². The SMILES string of the molecule is CCC#N.O=C(OCc1ccc(C(=O)O)o1)c1ccccc1.O=Cc1ccc(COC(=O)c2ccccc2)o1. The van der Waals surface area contributed by atoms with Gasteiger partial charge in [0.05, 0.1) is 17.2 Å². The summed E-state index contributed by atoms with van der Waals surface area (Å²) in [6.45, 7) is 1.74. The van der Waals surface area contributed by atoms with E-state index >= 15 is 0 Å². The number of hydrogen-bond acceptors (Lipinski definition) is 9. The quantitative estimate of drug-likeness (QED) is 0.221. The zero-order chi connectivity index (χ0) is 28.5. The van der Waals surface area contributed by atoms with E-state index in [0.29, 0.717) is 29.6 Å². The Morgan fingerprint density at radius 1 is 0.795 bits per heavy atom. The summed E-state index contributed by atoms with van der Waals surface area (Å²) < 4.78 is 20.0. The van der Waals surface area contributed by atoms with Crippen molar-refractivity contribution >= 4 is 24.2 Å². The van der Waals surface area contributed by atoms with Crippen LogP contribution in [0.3, 0.4) is 0 Å². The van der Waals surface area contributed by atoms with Gasteiger partial charge in [-0.2, -0.15) is 5.26 Å². The van der Waals surface area contributed by atoms with Crippen molar-refractivity contribution in [3.63, 3.8) is 0 Å². The Balaban J connectivity index is 0.000000241. The predicted octanol–water partition coefficient (Wildman–Crippen LogP) is 5.70. The van der Waals surface area contributed by atoms with Gasteiger partial charge in [0.15, 0.2) is 12.0 Å². The van der Waals surface area contributed by atoms with E-state index < -0.39 is 17.9 Å². The summed E-state index contributed by atoms with van der Waals surface area (Å²) in [5.74, 6) is -1.29. The third-order valence-electron chi connectivity index (χ3n) is 4.54. The molecular formula is C29H25NO9. The number of esters is 2. The Labute approximate surface area is 224 Å². The summed E-state index contributed by atoms with van der Waals surface area (Å²) >= 11 is 0. The molecule has 0 saturated carbocycles. The Kier molecular flexibility index (Phi) is 12.5. The zero-order valence-corrected chi connectivity index (χ0v) is 20.9. The molecule has 39 heavy (non-hydrogen) atoms. The van der Waals surface area contributed by atoms with Crippen molar-refractivity contribution in [2.24, 2.45) is 0 Å². The minimum Gasteiger partial charge on any atom is -0.475 e. The van der Waals surface area contributed by atoms with Gasteiger partial charge in [-0.3, -0.25) is 4.79 Å². The van der Waals surface area contributed by atoms with Crippen LogP contribution in [0.1, 0.15) is 66.7 Å². The van der Waals surface area contributed by atoms with Crippen molar-refractivity contribution in [1.82, 2.24) is 0 Å². The topological polar surface area (TPSA) is 157 Å². The Hall–Kier alpha value is -5.43. The lowest BCUT2D eigenvalue weighted by atomic mass is 10.2. The second-order valence-corrected chi connectivity index (χ2v) is 7.39. The third-order valence-corrected chi connectivity index (χ3v) is 4.54. The molecule has 0 radical (unpaired) electrons. The number of carboxylic acid groups (broad SMARTS) is 1. The van der Waals surface area contributed by atoms with Gasteiger partial charge in [0.1, 0.15) is 24.7 Å². The van der Waals surface area contributed by atoms with Crippen molar-refractivity contribution in [3.05, 3.63) is 119 Å². The highest BCUT2D eigenvalue weighted by molar-refractivity contribution is 5.89. The van der Waals surface area contributed by atoms with Crippen LogP contribution in [0.2, 0.25) is 0 Å². The second-order valence-electron chi connectivity index (χ2n) is 7.39. The number of ether oxygens (including phenoxy) is 2. The van der Waals surface area contributed by atoms with E-state index in [1.54, 1.807) is 60.7 Å². The number of aromatic carboxylic acids is 1. The molecule has 4 aromatic rings. The Bertz CT molecular complexity index is 1380. The summed E-state index contributed by atoms with van der Waals surface area (Å²) in [6, 6.07) is 25.0. The summed E-state index contributed by atoms with van der Waals surface area (Å²) in [5, 5.41) is 16.3. The largest absolute Gasteiger partial charge is 0.475 e. The van der Waals surface area contributed by atoms with Crippen molar-refractivity contribution in [2.45, 2.75) is 26.6 Å². The first-order valence-corrected chi connectivity index (χ1v) is 11.5. The monoisotopic (exact) mass is 531 g/mol. The first-order valence-electron chi connectivity index (χ1n) is 11.5. The van der Waals surface area contributed by atoms with E-state index in [9.17, 15) is 19.2 Å². The number of carboxylic acids is 1. The fourth-order valence-electron chi connectivity index (χ4n) is 2.69. The average Bonchev–Trinajstić information content (AvgIpc) is 3.66. The lowest BCUT2D eigenvalue weighted by Crippen LogP contribution is -2.04. The highest BCUT2D eigenvalue weighted by atomic mass is 16.5. The fraction of sp³-hybridized carbons (Fsp3) is 0.138. The molecule has 0 aliphatic rings. The number of furan rings is 2. The number of nitrogens with zero attached hydrogens (tertiary/aromatic N) is 1. The molecule has 10 nitrogen and oxygen atoms in total. The molecular weight excluding hydrogens is 506 g/mol. The molecule has 0 bridgehead atoms. The first-order chi connectivity index (χ1) is 18.9. The molecule has 0 aliphatic carbocycles.